The molecule has 0 aliphatic rings. The largest absolute Gasteiger partial charge is 0.467 e. The maximum absolute atomic E-state index is 12.5. The standard InChI is InChI=1S/C19H20N2O3/c1-12-6-4-8-16-13(2)10-17(22)21(18(12)16)14(3)19(23)20-11-15-7-5-9-24-15/h4-10,14H,11H2,1-3H3,(H,20,23). The van der Waals surface area contributed by atoms with Gasteiger partial charge < -0.3 is 9.73 Å². The summed E-state index contributed by atoms with van der Waals surface area (Å²) in [5, 5.41) is 3.80. The van der Waals surface area contributed by atoms with Crippen LogP contribution in [0.3, 0.4) is 0 Å². The zero-order valence-corrected chi connectivity index (χ0v) is 14.0. The van der Waals surface area contributed by atoms with Crippen molar-refractivity contribution in [2.45, 2.75) is 33.4 Å². The highest BCUT2D eigenvalue weighted by molar-refractivity contribution is 5.88. The molecular formula is C19H20N2O3. The Morgan fingerprint density at radius 1 is 1.21 bits per heavy atom. The fourth-order valence-corrected chi connectivity index (χ4v) is 2.98. The summed E-state index contributed by atoms with van der Waals surface area (Å²) in [6.45, 7) is 5.90. The van der Waals surface area contributed by atoms with E-state index in [0.29, 0.717) is 12.3 Å². The van der Waals surface area contributed by atoms with E-state index in [-0.39, 0.29) is 11.5 Å². The number of nitrogens with zero attached hydrogens (tertiary/aromatic N) is 1. The van der Waals surface area contributed by atoms with Gasteiger partial charge in [-0.2, -0.15) is 0 Å². The molecule has 0 aliphatic carbocycles. The summed E-state index contributed by atoms with van der Waals surface area (Å²) in [6.07, 6.45) is 1.56. The van der Waals surface area contributed by atoms with Gasteiger partial charge in [-0.05, 0) is 44.0 Å². The predicted molar refractivity (Wildman–Crippen MR) is 92.9 cm³/mol. The Kier molecular flexibility index (Phi) is 4.25. The van der Waals surface area contributed by atoms with E-state index in [1.165, 1.54) is 0 Å². The monoisotopic (exact) mass is 324 g/mol. The minimum absolute atomic E-state index is 0.171. The third-order valence-corrected chi connectivity index (χ3v) is 4.26. The molecule has 124 valence electrons. The number of carbonyl (C=O) groups excluding carboxylic acids is 1. The Balaban J connectivity index is 1.99. The van der Waals surface area contributed by atoms with Crippen LogP contribution >= 0.6 is 0 Å². The number of furan rings is 1. The second-order valence-corrected chi connectivity index (χ2v) is 5.98. The van der Waals surface area contributed by atoms with Crippen LogP contribution < -0.4 is 10.9 Å². The highest BCUT2D eigenvalue weighted by atomic mass is 16.3. The number of hydrogen-bond acceptors (Lipinski definition) is 3. The maximum atomic E-state index is 12.5. The zero-order valence-electron chi connectivity index (χ0n) is 14.0. The van der Waals surface area contributed by atoms with E-state index in [0.717, 1.165) is 22.0 Å². The van der Waals surface area contributed by atoms with E-state index in [1.807, 2.05) is 32.0 Å². The molecule has 1 N–H and O–H groups in total. The molecule has 0 bridgehead atoms. The minimum Gasteiger partial charge on any atom is -0.467 e. The van der Waals surface area contributed by atoms with Crippen LogP contribution in [0.1, 0.15) is 29.9 Å². The van der Waals surface area contributed by atoms with E-state index < -0.39 is 6.04 Å². The zero-order chi connectivity index (χ0) is 17.3. The van der Waals surface area contributed by atoms with Crippen molar-refractivity contribution in [1.29, 1.82) is 0 Å². The number of para-hydroxylation sites is 1. The first-order chi connectivity index (χ1) is 11.5. The molecule has 0 spiro atoms. The predicted octanol–water partition coefficient (Wildman–Crippen LogP) is 3.09. The van der Waals surface area contributed by atoms with Crippen molar-refractivity contribution in [1.82, 2.24) is 9.88 Å². The summed E-state index contributed by atoms with van der Waals surface area (Å²) in [5.41, 5.74) is 2.52. The van der Waals surface area contributed by atoms with Crippen molar-refractivity contribution < 1.29 is 9.21 Å². The van der Waals surface area contributed by atoms with E-state index in [4.69, 9.17) is 4.42 Å². The van der Waals surface area contributed by atoms with E-state index in [1.54, 1.807) is 36.0 Å². The average Bonchev–Trinajstić information content (AvgIpc) is 3.06. The van der Waals surface area contributed by atoms with Gasteiger partial charge in [-0.1, -0.05) is 18.2 Å². The van der Waals surface area contributed by atoms with Crippen LogP contribution in [0, 0.1) is 13.8 Å². The topological polar surface area (TPSA) is 64.2 Å². The number of benzene rings is 1. The molecule has 0 fully saturated rings. The third-order valence-electron chi connectivity index (χ3n) is 4.26. The van der Waals surface area contributed by atoms with Gasteiger partial charge in [0.15, 0.2) is 0 Å². The molecule has 3 aromatic rings. The van der Waals surface area contributed by atoms with Crippen molar-refractivity contribution in [3.05, 3.63) is 69.9 Å². The van der Waals surface area contributed by atoms with Crippen LogP contribution in [0.25, 0.3) is 10.9 Å². The lowest BCUT2D eigenvalue weighted by Gasteiger charge is -2.19. The lowest BCUT2D eigenvalue weighted by atomic mass is 10.1. The molecule has 5 nitrogen and oxygen atoms in total. The van der Waals surface area contributed by atoms with Crippen molar-refractivity contribution in [2.75, 3.05) is 0 Å². The van der Waals surface area contributed by atoms with Crippen LogP contribution in [-0.2, 0) is 11.3 Å². The molecule has 0 radical (unpaired) electrons. The summed E-state index contributed by atoms with van der Waals surface area (Å²) in [6, 6.07) is 10.4. The number of hydrogen-bond donors (Lipinski definition) is 1. The Hall–Kier alpha value is -2.82. The molecule has 5 heteroatoms. The number of aromatic nitrogens is 1. The van der Waals surface area contributed by atoms with Crippen molar-refractivity contribution in [2.24, 2.45) is 0 Å². The number of pyridine rings is 1. The Morgan fingerprint density at radius 3 is 2.71 bits per heavy atom. The molecule has 2 heterocycles. The molecule has 1 unspecified atom stereocenters. The summed E-state index contributed by atoms with van der Waals surface area (Å²) >= 11 is 0. The lowest BCUT2D eigenvalue weighted by molar-refractivity contribution is -0.124. The van der Waals surface area contributed by atoms with Crippen LogP contribution in [0.4, 0.5) is 0 Å². The van der Waals surface area contributed by atoms with Crippen molar-refractivity contribution in [3.63, 3.8) is 0 Å². The summed E-state index contributed by atoms with van der Waals surface area (Å²) in [7, 11) is 0. The van der Waals surface area contributed by atoms with E-state index in [9.17, 15) is 9.59 Å². The molecular weight excluding hydrogens is 304 g/mol. The fourth-order valence-electron chi connectivity index (χ4n) is 2.98. The first kappa shape index (κ1) is 16.1. The van der Waals surface area contributed by atoms with Gasteiger partial charge in [0.25, 0.3) is 5.56 Å². The number of amides is 1. The first-order valence-electron chi connectivity index (χ1n) is 7.90. The van der Waals surface area contributed by atoms with Gasteiger partial charge in [0, 0.05) is 11.5 Å². The molecule has 0 saturated carbocycles. The van der Waals surface area contributed by atoms with Crippen molar-refractivity contribution >= 4 is 16.8 Å². The van der Waals surface area contributed by atoms with Gasteiger partial charge in [0.2, 0.25) is 5.91 Å². The van der Waals surface area contributed by atoms with E-state index in [2.05, 4.69) is 5.32 Å². The lowest BCUT2D eigenvalue weighted by Crippen LogP contribution is -2.35. The number of carbonyl (C=O) groups is 1. The van der Waals surface area contributed by atoms with Crippen LogP contribution in [-0.4, -0.2) is 10.5 Å². The number of fused-ring (bicyclic) bond motifs is 1. The molecule has 2 aromatic heterocycles. The van der Waals surface area contributed by atoms with Crippen LogP contribution in [0.15, 0.2) is 51.9 Å². The molecule has 0 saturated heterocycles. The van der Waals surface area contributed by atoms with Crippen LogP contribution in [0.2, 0.25) is 0 Å². The first-order valence-corrected chi connectivity index (χ1v) is 7.90. The minimum atomic E-state index is -0.614. The van der Waals surface area contributed by atoms with Crippen LogP contribution in [0.5, 0.6) is 0 Å². The molecule has 3 rings (SSSR count). The summed E-state index contributed by atoms with van der Waals surface area (Å²) < 4.78 is 6.78. The Labute approximate surface area is 139 Å². The second-order valence-electron chi connectivity index (χ2n) is 5.98. The van der Waals surface area contributed by atoms with Gasteiger partial charge in [-0.3, -0.25) is 14.2 Å². The molecule has 1 aromatic carbocycles. The third kappa shape index (κ3) is 2.85. The second kappa shape index (κ2) is 6.35. The van der Waals surface area contributed by atoms with Gasteiger partial charge in [0.05, 0.1) is 18.3 Å². The van der Waals surface area contributed by atoms with Gasteiger partial charge >= 0.3 is 0 Å². The smallest absolute Gasteiger partial charge is 0.252 e. The summed E-state index contributed by atoms with van der Waals surface area (Å²) in [4.78, 5) is 25.1. The SMILES string of the molecule is Cc1cc(=O)n(C(C)C(=O)NCc2ccco2)c2c(C)cccc12. The van der Waals surface area contributed by atoms with Gasteiger partial charge in [0.1, 0.15) is 11.8 Å². The fraction of sp³-hybridized carbons (Fsp3) is 0.263. The average molecular weight is 324 g/mol. The molecule has 24 heavy (non-hydrogen) atoms. The number of nitrogens with one attached hydrogen (secondary N) is 1. The Morgan fingerprint density at radius 2 is 2.00 bits per heavy atom. The Bertz CT molecular complexity index is 939. The van der Waals surface area contributed by atoms with E-state index >= 15 is 0 Å². The highest BCUT2D eigenvalue weighted by Gasteiger charge is 2.20. The quantitative estimate of drug-likeness (QED) is 0.802. The number of rotatable bonds is 4. The van der Waals surface area contributed by atoms with Gasteiger partial charge in [-0.15, -0.1) is 0 Å². The number of aryl methyl sites for hydroxylation is 2. The normalized spacial score (nSPS) is 12.3. The summed E-state index contributed by atoms with van der Waals surface area (Å²) in [5.74, 6) is 0.453. The van der Waals surface area contributed by atoms with Gasteiger partial charge in [-0.25, -0.2) is 0 Å². The highest BCUT2D eigenvalue weighted by Crippen LogP contribution is 2.22. The molecule has 0 aliphatic heterocycles. The molecule has 1 atom stereocenters. The maximum Gasteiger partial charge on any atom is 0.252 e. The molecule has 1 amide bonds. The van der Waals surface area contributed by atoms with Crippen molar-refractivity contribution in [3.8, 4) is 0 Å².